The van der Waals surface area contributed by atoms with E-state index in [2.05, 4.69) is 14.6 Å². The van der Waals surface area contributed by atoms with Crippen LogP contribution in [0.15, 0.2) is 29.4 Å². The lowest BCUT2D eigenvalue weighted by molar-refractivity contribution is 0.0991. The lowest BCUT2D eigenvalue weighted by Crippen LogP contribution is -2.41. The molecular weight excluding hydrogens is 199 g/mol. The first-order chi connectivity index (χ1) is 7.22. The van der Waals surface area contributed by atoms with Crippen LogP contribution in [0.1, 0.15) is 10.4 Å². The molecule has 15 heavy (non-hydrogen) atoms. The third-order valence-corrected chi connectivity index (χ3v) is 1.78. The highest BCUT2D eigenvalue weighted by Crippen LogP contribution is 2.00. The molecule has 0 atom stereocenters. The van der Waals surface area contributed by atoms with Crippen molar-refractivity contribution in [1.82, 2.24) is 0 Å². The van der Waals surface area contributed by atoms with Gasteiger partial charge in [0.25, 0.3) is 5.91 Å². The molecule has 0 aliphatic carbocycles. The summed E-state index contributed by atoms with van der Waals surface area (Å²) in [7, 11) is -0.887. The van der Waals surface area contributed by atoms with Crippen LogP contribution in [0.2, 0.25) is 0 Å². The first-order valence-corrected chi connectivity index (χ1v) is 3.95. The minimum Gasteiger partial charge on any atom is -0.324 e. The Labute approximate surface area is 85.9 Å². The molecule has 78 valence electrons. The number of carbonyl (C=O) groups excluding carboxylic acids is 1. The fraction of sp³-hybridized carbons (Fsp3) is 0. The largest absolute Gasteiger partial charge is 0.527 e. The molecule has 0 aliphatic rings. The third-order valence-electron chi connectivity index (χ3n) is 1.78. The molecule has 5 N–H and O–H groups in total. The van der Waals surface area contributed by atoms with Gasteiger partial charge in [-0.2, -0.15) is 0 Å². The lowest BCUT2D eigenvalue weighted by Gasteiger charge is -2.06. The van der Waals surface area contributed by atoms with Gasteiger partial charge in [0.2, 0.25) is 0 Å². The average Bonchev–Trinajstić information content (AvgIpc) is 2.30. The number of carbonyl (C=O) groups is 1. The molecule has 0 saturated carbocycles. The zero-order valence-corrected chi connectivity index (χ0v) is 7.71. The summed E-state index contributed by atoms with van der Waals surface area (Å²) in [6.45, 7) is 0. The van der Waals surface area contributed by atoms with Crippen molar-refractivity contribution in [3.63, 3.8) is 0 Å². The normalized spacial score (nSPS) is 9.73. The molecule has 1 aromatic carbocycles. The Hall–Kier alpha value is -1.61. The number of rotatable bonds is 4. The van der Waals surface area contributed by atoms with Crippen molar-refractivity contribution in [2.45, 2.75) is 0 Å². The summed E-state index contributed by atoms with van der Waals surface area (Å²) in [6, 6.07) is 6.03. The maximum absolute atomic E-state index is 11.0. The minimum atomic E-state index is -0.887. The van der Waals surface area contributed by atoms with Crippen LogP contribution in [-0.2, 0) is 9.51 Å². The Morgan fingerprint density at radius 3 is 2.20 bits per heavy atom. The number of amides is 1. The van der Waals surface area contributed by atoms with E-state index in [0.717, 1.165) is 0 Å². The van der Waals surface area contributed by atoms with E-state index >= 15 is 0 Å². The number of nitrogens with zero attached hydrogens (tertiary/aromatic N) is 1. The molecule has 7 nitrogen and oxygen atoms in total. The molecule has 1 rings (SSSR count). The number of hydrogen-bond acceptors (Lipinski definition) is 6. The van der Waals surface area contributed by atoms with Crippen molar-refractivity contribution in [3.8, 4) is 0 Å². The van der Waals surface area contributed by atoms with Gasteiger partial charge in [0.05, 0.1) is 0 Å². The predicted octanol–water partition coefficient (Wildman–Crippen LogP) is -0.666. The van der Waals surface area contributed by atoms with Crippen molar-refractivity contribution in [2.24, 2.45) is 16.9 Å². The van der Waals surface area contributed by atoms with Crippen molar-refractivity contribution in [3.05, 3.63) is 29.8 Å². The molecule has 0 heterocycles. The molecule has 0 aliphatic heterocycles. The zero-order valence-electron chi connectivity index (χ0n) is 7.71. The van der Waals surface area contributed by atoms with Gasteiger partial charge in [-0.3, -0.25) is 4.79 Å². The van der Waals surface area contributed by atoms with Gasteiger partial charge in [0.1, 0.15) is 0 Å². The summed E-state index contributed by atoms with van der Waals surface area (Å²) >= 11 is 0. The van der Waals surface area contributed by atoms with Gasteiger partial charge in [-0.1, -0.05) is 12.1 Å². The number of hydrogen-bond donors (Lipinski definition) is 3. The molecule has 0 unspecified atom stereocenters. The number of benzene rings is 1. The quantitative estimate of drug-likeness (QED) is 0.344. The van der Waals surface area contributed by atoms with Crippen LogP contribution in [0, 0.1) is 5.53 Å². The number of nitrogens with two attached hydrogens (primary N) is 2. The van der Waals surface area contributed by atoms with Gasteiger partial charge in [0.15, 0.2) is 0 Å². The van der Waals surface area contributed by atoms with Gasteiger partial charge in [0, 0.05) is 5.56 Å². The summed E-state index contributed by atoms with van der Waals surface area (Å²) in [5.41, 5.74) is 7.39. The highest BCUT2D eigenvalue weighted by atomic mass is 16.7. The van der Waals surface area contributed by atoms with E-state index in [0.29, 0.717) is 11.0 Å². The fourth-order valence-electron chi connectivity index (χ4n) is 1.04. The molecule has 0 fully saturated rings. The second-order valence-electron chi connectivity index (χ2n) is 2.64. The molecule has 0 spiro atoms. The van der Waals surface area contributed by atoms with Gasteiger partial charge >= 0.3 is 7.12 Å². The van der Waals surface area contributed by atoms with Gasteiger partial charge in [-0.05, 0) is 17.6 Å². The SMILES string of the molecule is N=NC(=O)c1ccc(B(ON)ON)cc1. The summed E-state index contributed by atoms with van der Waals surface area (Å²) in [5.74, 6) is 9.21. The van der Waals surface area contributed by atoms with Crippen LogP contribution in [0.25, 0.3) is 0 Å². The first kappa shape index (κ1) is 11.5. The fourth-order valence-corrected chi connectivity index (χ4v) is 1.04. The Kier molecular flexibility index (Phi) is 4.07. The highest BCUT2D eigenvalue weighted by molar-refractivity contribution is 6.61. The second kappa shape index (κ2) is 5.32. The topological polar surface area (TPSA) is 124 Å². The standard InChI is InChI=1S/C7H9BN4O3/c9-12-7(13)5-1-3-6(4-2-5)8(14-10)15-11/h1-4,9H,10-11H2. The van der Waals surface area contributed by atoms with Crippen molar-refractivity contribution < 1.29 is 14.3 Å². The maximum Gasteiger partial charge on any atom is 0.527 e. The smallest absolute Gasteiger partial charge is 0.324 e. The summed E-state index contributed by atoms with van der Waals surface area (Å²) in [5, 5.41) is 2.77. The lowest BCUT2D eigenvalue weighted by atomic mass is 9.79. The van der Waals surface area contributed by atoms with E-state index in [-0.39, 0.29) is 0 Å². The van der Waals surface area contributed by atoms with Crippen LogP contribution < -0.4 is 17.3 Å². The highest BCUT2D eigenvalue weighted by Gasteiger charge is 2.19. The molecule has 0 radical (unpaired) electrons. The summed E-state index contributed by atoms with van der Waals surface area (Å²) < 4.78 is 8.84. The second-order valence-corrected chi connectivity index (χ2v) is 2.64. The Balaban J connectivity index is 2.88. The summed E-state index contributed by atoms with van der Waals surface area (Å²) in [4.78, 5) is 11.0. The van der Waals surface area contributed by atoms with Gasteiger partial charge < -0.3 is 9.51 Å². The zero-order chi connectivity index (χ0) is 11.3. The van der Waals surface area contributed by atoms with Gasteiger partial charge in [-0.25, -0.2) is 17.3 Å². The molecule has 0 saturated heterocycles. The minimum absolute atomic E-state index is 0.293. The van der Waals surface area contributed by atoms with Crippen LogP contribution in [-0.4, -0.2) is 13.0 Å². The molecule has 0 bridgehead atoms. The first-order valence-electron chi connectivity index (χ1n) is 3.95. The third kappa shape index (κ3) is 2.67. The molecule has 1 amide bonds. The van der Waals surface area contributed by atoms with E-state index in [9.17, 15) is 4.79 Å². The van der Waals surface area contributed by atoms with E-state index in [4.69, 9.17) is 17.3 Å². The van der Waals surface area contributed by atoms with Crippen molar-refractivity contribution in [1.29, 1.82) is 5.53 Å². The van der Waals surface area contributed by atoms with E-state index in [1.54, 1.807) is 12.1 Å². The van der Waals surface area contributed by atoms with Gasteiger partial charge in [-0.15, -0.1) is 5.11 Å². The van der Waals surface area contributed by atoms with Crippen LogP contribution in [0.5, 0.6) is 0 Å². The Bertz CT molecular complexity index is 352. The maximum atomic E-state index is 11.0. The Morgan fingerprint density at radius 1 is 1.27 bits per heavy atom. The van der Waals surface area contributed by atoms with Crippen molar-refractivity contribution in [2.75, 3.05) is 0 Å². The van der Waals surface area contributed by atoms with E-state index in [1.807, 2.05) is 0 Å². The summed E-state index contributed by atoms with van der Waals surface area (Å²) in [6.07, 6.45) is 0. The van der Waals surface area contributed by atoms with Crippen LogP contribution >= 0.6 is 0 Å². The monoisotopic (exact) mass is 208 g/mol. The van der Waals surface area contributed by atoms with Crippen molar-refractivity contribution >= 4 is 18.5 Å². The molecular formula is C7H9BN4O3. The van der Waals surface area contributed by atoms with E-state index < -0.39 is 13.0 Å². The molecule has 0 aromatic heterocycles. The average molecular weight is 208 g/mol. The molecule has 1 aromatic rings. The van der Waals surface area contributed by atoms with E-state index in [1.165, 1.54) is 12.1 Å². The Morgan fingerprint density at radius 2 is 1.80 bits per heavy atom. The number of nitrogens with one attached hydrogen (secondary N) is 1. The predicted molar refractivity (Wildman–Crippen MR) is 51.9 cm³/mol. The molecule has 8 heteroatoms. The van der Waals surface area contributed by atoms with Crippen LogP contribution in [0.4, 0.5) is 0 Å². The van der Waals surface area contributed by atoms with Crippen LogP contribution in [0.3, 0.4) is 0 Å².